The van der Waals surface area contributed by atoms with Crippen molar-refractivity contribution in [2.24, 2.45) is 0 Å². The molecule has 1 fully saturated rings. The van der Waals surface area contributed by atoms with Crippen LogP contribution in [0.4, 0.5) is 9.18 Å². The molecule has 0 aliphatic carbocycles. The van der Waals surface area contributed by atoms with Crippen LogP contribution in [0.3, 0.4) is 0 Å². The Kier molecular flexibility index (Phi) is 10.5. The average Bonchev–Trinajstić information content (AvgIpc) is 3.46. The van der Waals surface area contributed by atoms with Crippen LogP contribution in [-0.2, 0) is 30.2 Å². The number of likely N-dealkylation sites (tertiary alicyclic amines) is 1. The van der Waals surface area contributed by atoms with E-state index >= 15 is 0 Å². The van der Waals surface area contributed by atoms with Crippen LogP contribution in [0.5, 0.6) is 0 Å². The summed E-state index contributed by atoms with van der Waals surface area (Å²) in [5.41, 5.74) is 3.60. The summed E-state index contributed by atoms with van der Waals surface area (Å²) < 4.78 is 30.6. The first-order chi connectivity index (χ1) is 20.9. The Labute approximate surface area is 259 Å². The fourth-order valence-corrected chi connectivity index (χ4v) is 5.74. The minimum absolute atomic E-state index is 0.132. The number of aryl methyl sites for hydroxylation is 2. The highest BCUT2D eigenvalue weighted by Gasteiger charge is 2.45. The fraction of sp³-hybridized carbons (Fsp3) is 0.457. The standard InChI is InChI=1S/C35H43FN2O6/c1-7-42-32(39)29-26(20-15-23-13-18-25(36)19-14-23)37-31(27-10-9-21-38(27)34(41)44-35(4,5)6)30(33(40)43-8-2)28(29)24-16-11-22(3)12-17-24/h11-14,16-19,27-28,37H,7-10,15,20-21H2,1-6H3/t27-,28?/m0/s1. The molecule has 1 amide bonds. The number of halogens is 1. The van der Waals surface area contributed by atoms with Gasteiger partial charge in [0.15, 0.2) is 0 Å². The average molecular weight is 607 g/mol. The Bertz CT molecular complexity index is 1420. The van der Waals surface area contributed by atoms with Crippen molar-refractivity contribution in [3.63, 3.8) is 0 Å². The van der Waals surface area contributed by atoms with Crippen molar-refractivity contribution in [3.05, 3.63) is 93.6 Å². The number of allylic oxidation sites excluding steroid dienone is 1. The van der Waals surface area contributed by atoms with E-state index in [1.54, 1.807) is 30.9 Å². The van der Waals surface area contributed by atoms with E-state index in [0.717, 1.165) is 16.7 Å². The van der Waals surface area contributed by atoms with Gasteiger partial charge in [0.05, 0.1) is 36.3 Å². The lowest BCUT2D eigenvalue weighted by Crippen LogP contribution is -2.46. The molecule has 0 radical (unpaired) electrons. The summed E-state index contributed by atoms with van der Waals surface area (Å²) in [5, 5.41) is 3.45. The Hall–Kier alpha value is -4.14. The van der Waals surface area contributed by atoms with Gasteiger partial charge < -0.3 is 19.5 Å². The third-order valence-corrected chi connectivity index (χ3v) is 7.67. The van der Waals surface area contributed by atoms with Crippen LogP contribution in [-0.4, -0.2) is 54.3 Å². The molecule has 236 valence electrons. The van der Waals surface area contributed by atoms with E-state index in [0.29, 0.717) is 49.2 Å². The number of benzene rings is 2. The third kappa shape index (κ3) is 7.68. The van der Waals surface area contributed by atoms with Gasteiger partial charge in [-0.1, -0.05) is 42.0 Å². The van der Waals surface area contributed by atoms with Crippen LogP contribution in [0.15, 0.2) is 71.1 Å². The molecule has 2 heterocycles. The number of hydrogen-bond acceptors (Lipinski definition) is 7. The van der Waals surface area contributed by atoms with Gasteiger partial charge >= 0.3 is 18.0 Å². The fourth-order valence-electron chi connectivity index (χ4n) is 5.74. The van der Waals surface area contributed by atoms with Crippen LogP contribution >= 0.6 is 0 Å². The molecular weight excluding hydrogens is 563 g/mol. The Morgan fingerprint density at radius 1 is 0.909 bits per heavy atom. The van der Waals surface area contributed by atoms with E-state index in [1.807, 2.05) is 52.0 Å². The summed E-state index contributed by atoms with van der Waals surface area (Å²) in [4.78, 5) is 42.7. The summed E-state index contributed by atoms with van der Waals surface area (Å²) in [6, 6.07) is 13.4. The lowest BCUT2D eigenvalue weighted by atomic mass is 9.78. The van der Waals surface area contributed by atoms with E-state index in [1.165, 1.54) is 12.1 Å². The van der Waals surface area contributed by atoms with Crippen molar-refractivity contribution in [2.45, 2.75) is 84.8 Å². The quantitative estimate of drug-likeness (QED) is 0.258. The second kappa shape index (κ2) is 14.1. The molecule has 44 heavy (non-hydrogen) atoms. The highest BCUT2D eigenvalue weighted by molar-refractivity contribution is 6.00. The molecule has 2 aliphatic rings. The summed E-state index contributed by atoms with van der Waals surface area (Å²) in [7, 11) is 0. The molecule has 2 aromatic carbocycles. The maximum atomic E-state index is 13.9. The van der Waals surface area contributed by atoms with E-state index in [9.17, 15) is 18.8 Å². The summed E-state index contributed by atoms with van der Waals surface area (Å²) >= 11 is 0. The SMILES string of the molecule is CCOC(=O)C1=C(CCc2ccc(F)cc2)NC([C@@H]2CCCN2C(=O)OC(C)(C)C)=C(C(=O)OCC)C1c1ccc(C)cc1. The molecular formula is C35H43FN2O6. The van der Waals surface area contributed by atoms with Gasteiger partial charge in [-0.15, -0.1) is 0 Å². The third-order valence-electron chi connectivity index (χ3n) is 7.67. The van der Waals surface area contributed by atoms with Crippen molar-refractivity contribution in [1.82, 2.24) is 10.2 Å². The Balaban J connectivity index is 1.91. The van der Waals surface area contributed by atoms with Gasteiger partial charge in [-0.2, -0.15) is 0 Å². The molecule has 2 aromatic rings. The summed E-state index contributed by atoms with van der Waals surface area (Å²) in [6.07, 6.45) is 1.69. The number of hydrogen-bond donors (Lipinski definition) is 1. The minimum Gasteiger partial charge on any atom is -0.463 e. The first-order valence-corrected chi connectivity index (χ1v) is 15.3. The molecule has 1 saturated heterocycles. The van der Waals surface area contributed by atoms with Crippen LogP contribution in [0.25, 0.3) is 0 Å². The Morgan fingerprint density at radius 2 is 1.52 bits per heavy atom. The number of rotatable bonds is 9. The number of carbonyl (C=O) groups excluding carboxylic acids is 3. The number of carbonyl (C=O) groups is 3. The van der Waals surface area contributed by atoms with Gasteiger partial charge in [0.2, 0.25) is 0 Å². The number of nitrogens with one attached hydrogen (secondary N) is 1. The van der Waals surface area contributed by atoms with Crippen molar-refractivity contribution >= 4 is 18.0 Å². The molecule has 0 bridgehead atoms. The monoisotopic (exact) mass is 606 g/mol. The molecule has 4 rings (SSSR count). The molecule has 1 unspecified atom stereocenters. The van der Waals surface area contributed by atoms with Crippen LogP contribution in [0.1, 0.15) is 76.5 Å². The maximum absolute atomic E-state index is 13.9. The first-order valence-electron chi connectivity index (χ1n) is 15.3. The number of dihydropyridines is 1. The predicted octanol–water partition coefficient (Wildman–Crippen LogP) is 6.49. The van der Waals surface area contributed by atoms with E-state index in [2.05, 4.69) is 5.32 Å². The minimum atomic E-state index is -0.811. The molecule has 8 nitrogen and oxygen atoms in total. The molecule has 2 aliphatic heterocycles. The van der Waals surface area contributed by atoms with Crippen LogP contribution in [0, 0.1) is 12.7 Å². The Morgan fingerprint density at radius 3 is 2.11 bits per heavy atom. The summed E-state index contributed by atoms with van der Waals surface area (Å²) in [6.45, 7) is 11.6. The van der Waals surface area contributed by atoms with Gasteiger partial charge in [-0.3, -0.25) is 4.90 Å². The molecule has 2 atom stereocenters. The van der Waals surface area contributed by atoms with Crippen molar-refractivity contribution in [2.75, 3.05) is 19.8 Å². The van der Waals surface area contributed by atoms with Gasteiger partial charge in [0, 0.05) is 17.9 Å². The van der Waals surface area contributed by atoms with Crippen molar-refractivity contribution in [1.29, 1.82) is 0 Å². The van der Waals surface area contributed by atoms with E-state index in [-0.39, 0.29) is 24.6 Å². The zero-order valence-corrected chi connectivity index (χ0v) is 26.5. The molecule has 0 aromatic heterocycles. The van der Waals surface area contributed by atoms with Gasteiger partial charge in [0.25, 0.3) is 0 Å². The second-order valence-corrected chi connectivity index (χ2v) is 12.1. The molecule has 9 heteroatoms. The van der Waals surface area contributed by atoms with Crippen LogP contribution in [0.2, 0.25) is 0 Å². The van der Waals surface area contributed by atoms with Crippen molar-refractivity contribution < 1.29 is 33.0 Å². The highest BCUT2D eigenvalue weighted by Crippen LogP contribution is 2.43. The second-order valence-electron chi connectivity index (χ2n) is 12.1. The molecule has 0 saturated carbocycles. The first kappa shape index (κ1) is 32.8. The normalized spacial score (nSPS) is 18.7. The maximum Gasteiger partial charge on any atom is 0.410 e. The topological polar surface area (TPSA) is 94.2 Å². The largest absolute Gasteiger partial charge is 0.463 e. The smallest absolute Gasteiger partial charge is 0.410 e. The van der Waals surface area contributed by atoms with Crippen molar-refractivity contribution in [3.8, 4) is 0 Å². The lowest BCUT2D eigenvalue weighted by Gasteiger charge is -2.37. The van der Waals surface area contributed by atoms with Crippen LogP contribution < -0.4 is 5.32 Å². The predicted molar refractivity (Wildman–Crippen MR) is 165 cm³/mol. The number of esters is 2. The van der Waals surface area contributed by atoms with E-state index in [4.69, 9.17) is 14.2 Å². The van der Waals surface area contributed by atoms with E-state index < -0.39 is 35.6 Å². The van der Waals surface area contributed by atoms with Gasteiger partial charge in [-0.25, -0.2) is 18.8 Å². The number of nitrogens with zero attached hydrogens (tertiary/aromatic N) is 1. The molecule has 1 N–H and O–H groups in total. The number of ether oxygens (including phenoxy) is 3. The highest BCUT2D eigenvalue weighted by atomic mass is 19.1. The summed E-state index contributed by atoms with van der Waals surface area (Å²) in [5.74, 6) is -2.26. The van der Waals surface area contributed by atoms with Gasteiger partial charge in [0.1, 0.15) is 11.4 Å². The lowest BCUT2D eigenvalue weighted by molar-refractivity contribution is -0.139. The zero-order valence-electron chi connectivity index (χ0n) is 26.5. The number of amides is 1. The van der Waals surface area contributed by atoms with Gasteiger partial charge in [-0.05, 0) is 90.5 Å². The molecule has 0 spiro atoms. The zero-order chi connectivity index (χ0) is 32.0.